The van der Waals surface area contributed by atoms with Gasteiger partial charge in [-0.05, 0) is 43.3 Å². The van der Waals surface area contributed by atoms with E-state index in [1.54, 1.807) is 49.4 Å². The molecule has 2 N–H and O–H groups in total. The first-order chi connectivity index (χ1) is 13.3. The number of amides is 2. The summed E-state index contributed by atoms with van der Waals surface area (Å²) in [6.07, 6.45) is -1.05. The van der Waals surface area contributed by atoms with Crippen LogP contribution in [0.4, 0.5) is 11.4 Å². The van der Waals surface area contributed by atoms with Crippen LogP contribution in [0.3, 0.4) is 0 Å². The Kier molecular flexibility index (Phi) is 7.45. The summed E-state index contributed by atoms with van der Waals surface area (Å²) in [4.78, 5) is 36.1. The van der Waals surface area contributed by atoms with Gasteiger partial charge in [-0.2, -0.15) is 0 Å². The van der Waals surface area contributed by atoms with Crippen molar-refractivity contribution >= 4 is 40.0 Å². The third kappa shape index (κ3) is 5.75. The first kappa shape index (κ1) is 21.3. The predicted molar refractivity (Wildman–Crippen MR) is 108 cm³/mol. The summed E-state index contributed by atoms with van der Waals surface area (Å²) in [5, 5.41) is 5.26. The Labute approximate surface area is 165 Å². The second-order valence-corrected chi connectivity index (χ2v) is 7.63. The topological polar surface area (TPSA) is 102 Å². The number of benzene rings is 2. The first-order valence-corrected chi connectivity index (χ1v) is 10.0. The fourth-order valence-corrected chi connectivity index (χ4v) is 3.29. The lowest BCUT2D eigenvalue weighted by atomic mass is 10.2. The monoisotopic (exact) mass is 402 g/mol. The molecule has 0 saturated heterocycles. The number of anilines is 2. The third-order valence-corrected chi connectivity index (χ3v) is 5.11. The largest absolute Gasteiger partial charge is 0.449 e. The highest BCUT2D eigenvalue weighted by molar-refractivity contribution is 7.85. The number of carbonyl (C=O) groups excluding carboxylic acids is 3. The Morgan fingerprint density at radius 1 is 1.00 bits per heavy atom. The normalized spacial score (nSPS) is 12.5. The van der Waals surface area contributed by atoms with Gasteiger partial charge >= 0.3 is 5.97 Å². The maximum Gasteiger partial charge on any atom is 0.340 e. The summed E-state index contributed by atoms with van der Waals surface area (Å²) >= 11 is 0. The van der Waals surface area contributed by atoms with Crippen molar-refractivity contribution in [2.24, 2.45) is 0 Å². The van der Waals surface area contributed by atoms with Gasteiger partial charge in [-0.25, -0.2) is 4.79 Å². The second-order valence-electron chi connectivity index (χ2n) is 5.93. The van der Waals surface area contributed by atoms with Crippen molar-refractivity contribution in [1.82, 2.24) is 0 Å². The minimum Gasteiger partial charge on any atom is -0.449 e. The minimum atomic E-state index is -1.32. The molecular weight excluding hydrogens is 380 g/mol. The Morgan fingerprint density at radius 3 is 2.14 bits per heavy atom. The summed E-state index contributed by atoms with van der Waals surface area (Å²) in [5.74, 6) is -1.04. The van der Waals surface area contributed by atoms with Crippen LogP contribution in [-0.2, 0) is 25.1 Å². The van der Waals surface area contributed by atoms with E-state index in [4.69, 9.17) is 4.74 Å². The lowest BCUT2D eigenvalue weighted by Gasteiger charge is -2.15. The van der Waals surface area contributed by atoms with Gasteiger partial charge in [0.15, 0.2) is 6.10 Å². The van der Waals surface area contributed by atoms with Crippen LogP contribution in [0.25, 0.3) is 0 Å². The lowest BCUT2D eigenvalue weighted by Crippen LogP contribution is -2.30. The van der Waals surface area contributed by atoms with Crippen molar-refractivity contribution in [3.8, 4) is 0 Å². The van der Waals surface area contributed by atoms with E-state index < -0.39 is 28.8 Å². The van der Waals surface area contributed by atoms with E-state index in [0.717, 1.165) is 0 Å². The molecule has 0 fully saturated rings. The van der Waals surface area contributed by atoms with Crippen molar-refractivity contribution in [3.63, 3.8) is 0 Å². The smallest absolute Gasteiger partial charge is 0.340 e. The predicted octanol–water partition coefficient (Wildman–Crippen LogP) is 2.96. The highest BCUT2D eigenvalue weighted by Gasteiger charge is 2.22. The zero-order valence-corrected chi connectivity index (χ0v) is 16.7. The van der Waals surface area contributed by atoms with E-state index in [2.05, 4.69) is 10.6 Å². The number of carbonyl (C=O) groups is 3. The molecule has 2 aromatic rings. The molecule has 28 heavy (non-hydrogen) atoms. The van der Waals surface area contributed by atoms with E-state index in [-0.39, 0.29) is 11.5 Å². The molecule has 0 aromatic heterocycles. The molecular formula is C20H22N2O5S. The van der Waals surface area contributed by atoms with Crippen molar-refractivity contribution in [3.05, 3.63) is 54.1 Å². The molecule has 148 valence electrons. The van der Waals surface area contributed by atoms with Crippen LogP contribution in [0, 0.1) is 0 Å². The van der Waals surface area contributed by atoms with Crippen molar-refractivity contribution < 1.29 is 23.3 Å². The van der Waals surface area contributed by atoms with Crippen LogP contribution >= 0.6 is 0 Å². The van der Waals surface area contributed by atoms with Gasteiger partial charge < -0.3 is 15.4 Å². The molecule has 0 aliphatic heterocycles. The summed E-state index contributed by atoms with van der Waals surface area (Å²) in [6, 6.07) is 13.0. The lowest BCUT2D eigenvalue weighted by molar-refractivity contribution is -0.123. The molecule has 0 heterocycles. The summed E-state index contributed by atoms with van der Waals surface area (Å²) < 4.78 is 17.3. The summed E-state index contributed by atoms with van der Waals surface area (Å²) in [5.41, 5.74) is 1.28. The van der Waals surface area contributed by atoms with Gasteiger partial charge in [0.2, 0.25) is 5.91 Å². The Balaban J connectivity index is 2.01. The van der Waals surface area contributed by atoms with Crippen molar-refractivity contribution in [2.75, 3.05) is 16.4 Å². The highest BCUT2D eigenvalue weighted by atomic mass is 32.2. The number of hydrogen-bond donors (Lipinski definition) is 2. The SMILES string of the molecule is CC[S@](=O)c1ccccc1C(=O)O[C@@H](C)C(=O)Nc1ccc(NC(C)=O)cc1. The number of ether oxygens (including phenoxy) is 1. The van der Waals surface area contributed by atoms with Gasteiger partial charge in [-0.15, -0.1) is 0 Å². The highest BCUT2D eigenvalue weighted by Crippen LogP contribution is 2.17. The number of rotatable bonds is 7. The van der Waals surface area contributed by atoms with E-state index in [1.807, 2.05) is 0 Å². The molecule has 2 aromatic carbocycles. The molecule has 0 aliphatic rings. The molecule has 7 nitrogen and oxygen atoms in total. The molecule has 2 rings (SSSR count). The van der Waals surface area contributed by atoms with Crippen LogP contribution < -0.4 is 10.6 Å². The fourth-order valence-electron chi connectivity index (χ4n) is 2.35. The quantitative estimate of drug-likeness (QED) is 0.694. The molecule has 8 heteroatoms. The second kappa shape index (κ2) is 9.80. The van der Waals surface area contributed by atoms with Gasteiger partial charge in [0.05, 0.1) is 21.3 Å². The zero-order chi connectivity index (χ0) is 20.7. The number of hydrogen-bond acceptors (Lipinski definition) is 5. The van der Waals surface area contributed by atoms with Crippen LogP contribution in [-0.4, -0.2) is 33.8 Å². The molecule has 2 amide bonds. The van der Waals surface area contributed by atoms with Crippen LogP contribution in [0.15, 0.2) is 53.4 Å². The van der Waals surface area contributed by atoms with Crippen molar-refractivity contribution in [2.45, 2.75) is 31.8 Å². The third-order valence-electron chi connectivity index (χ3n) is 3.74. The average molecular weight is 402 g/mol. The molecule has 0 radical (unpaired) electrons. The van der Waals surface area contributed by atoms with Gasteiger partial charge in [-0.3, -0.25) is 13.8 Å². The first-order valence-electron chi connectivity index (χ1n) is 8.68. The Bertz CT molecular complexity index is 896. The maximum atomic E-state index is 12.4. The van der Waals surface area contributed by atoms with E-state index in [1.165, 1.54) is 19.9 Å². The van der Waals surface area contributed by atoms with E-state index in [9.17, 15) is 18.6 Å². The van der Waals surface area contributed by atoms with E-state index >= 15 is 0 Å². The zero-order valence-electron chi connectivity index (χ0n) is 15.9. The van der Waals surface area contributed by atoms with Crippen LogP contribution in [0.1, 0.15) is 31.1 Å². The number of nitrogens with one attached hydrogen (secondary N) is 2. The average Bonchev–Trinajstić information content (AvgIpc) is 2.68. The van der Waals surface area contributed by atoms with Gasteiger partial charge in [0.25, 0.3) is 5.91 Å². The van der Waals surface area contributed by atoms with Crippen LogP contribution in [0.2, 0.25) is 0 Å². The van der Waals surface area contributed by atoms with Gasteiger partial charge in [0, 0.05) is 24.1 Å². The van der Waals surface area contributed by atoms with Crippen molar-refractivity contribution in [1.29, 1.82) is 0 Å². The van der Waals surface area contributed by atoms with Crippen LogP contribution in [0.5, 0.6) is 0 Å². The maximum absolute atomic E-state index is 12.4. The Hall–Kier alpha value is -3.00. The molecule has 0 saturated carbocycles. The minimum absolute atomic E-state index is 0.182. The molecule has 0 bridgehead atoms. The standard InChI is InChI=1S/C20H22N2O5S/c1-4-28(26)18-8-6-5-7-17(18)20(25)27-13(2)19(24)22-16-11-9-15(10-12-16)21-14(3)23/h5-13H,4H2,1-3H3,(H,21,23)(H,22,24)/t13-,28-/m0/s1. The summed E-state index contributed by atoms with van der Waals surface area (Å²) in [7, 11) is -1.32. The number of esters is 1. The Morgan fingerprint density at radius 2 is 1.57 bits per heavy atom. The van der Waals surface area contributed by atoms with Gasteiger partial charge in [0.1, 0.15) is 0 Å². The van der Waals surface area contributed by atoms with Gasteiger partial charge in [-0.1, -0.05) is 19.1 Å². The summed E-state index contributed by atoms with van der Waals surface area (Å²) in [6.45, 7) is 4.61. The fraction of sp³-hybridized carbons (Fsp3) is 0.250. The van der Waals surface area contributed by atoms with E-state index in [0.29, 0.717) is 22.0 Å². The molecule has 2 atom stereocenters. The molecule has 0 aliphatic carbocycles. The molecule has 0 unspecified atom stereocenters. The molecule has 0 spiro atoms.